The third-order valence-corrected chi connectivity index (χ3v) is 9.49. The summed E-state index contributed by atoms with van der Waals surface area (Å²) in [4.78, 5) is 4.56. The molecule has 1 saturated carbocycles. The van der Waals surface area contributed by atoms with E-state index in [4.69, 9.17) is 0 Å². The quantitative estimate of drug-likeness (QED) is 0.674. The number of hydrogen-bond acceptors (Lipinski definition) is 5. The number of nitrogens with zero attached hydrogens (tertiary/aromatic N) is 5. The highest BCUT2D eigenvalue weighted by Crippen LogP contribution is 2.59. The van der Waals surface area contributed by atoms with Gasteiger partial charge in [0.25, 0.3) is 0 Å². The fourth-order valence-electron chi connectivity index (χ4n) is 5.94. The second-order valence-electron chi connectivity index (χ2n) is 9.15. The van der Waals surface area contributed by atoms with Crippen LogP contribution < -0.4 is 0 Å². The van der Waals surface area contributed by atoms with Crippen molar-refractivity contribution in [2.45, 2.75) is 36.3 Å². The molecule has 2 aromatic heterocycles. The predicted molar refractivity (Wildman–Crippen MR) is 114 cm³/mol. The zero-order valence-electron chi connectivity index (χ0n) is 17.3. The van der Waals surface area contributed by atoms with Crippen LogP contribution in [0.15, 0.2) is 54.1 Å². The van der Waals surface area contributed by atoms with Gasteiger partial charge < -0.3 is 9.67 Å². The summed E-state index contributed by atoms with van der Waals surface area (Å²) in [5, 5.41) is 15.3. The number of sulfonamides is 1. The van der Waals surface area contributed by atoms with Gasteiger partial charge >= 0.3 is 0 Å². The second kappa shape index (κ2) is 6.51. The Bertz CT molecular complexity index is 1260. The van der Waals surface area contributed by atoms with E-state index in [2.05, 4.69) is 26.8 Å². The topological polar surface area (TPSA) is 93.2 Å². The Labute approximate surface area is 181 Å². The third kappa shape index (κ3) is 2.63. The van der Waals surface area contributed by atoms with Gasteiger partial charge in [0.1, 0.15) is 4.90 Å². The number of rotatable bonds is 3. The van der Waals surface area contributed by atoms with Crippen molar-refractivity contribution in [1.29, 1.82) is 0 Å². The van der Waals surface area contributed by atoms with Crippen molar-refractivity contribution in [3.8, 4) is 11.3 Å². The van der Waals surface area contributed by atoms with Crippen LogP contribution in [0.2, 0.25) is 0 Å². The first kappa shape index (κ1) is 19.2. The molecule has 3 aromatic rings. The van der Waals surface area contributed by atoms with Crippen LogP contribution in [0.1, 0.15) is 30.9 Å². The summed E-state index contributed by atoms with van der Waals surface area (Å²) in [6.07, 6.45) is 8.47. The number of aryl methyl sites for hydroxylation is 1. The molecule has 0 amide bonds. The van der Waals surface area contributed by atoms with Crippen LogP contribution in [0.5, 0.6) is 0 Å². The van der Waals surface area contributed by atoms with E-state index in [0.29, 0.717) is 25.9 Å². The molecule has 1 aromatic carbocycles. The van der Waals surface area contributed by atoms with Crippen molar-refractivity contribution in [3.63, 3.8) is 0 Å². The second-order valence-corrected chi connectivity index (χ2v) is 11.1. The third-order valence-electron chi connectivity index (χ3n) is 7.64. The van der Waals surface area contributed by atoms with Gasteiger partial charge in [0, 0.05) is 37.8 Å². The van der Waals surface area contributed by atoms with Gasteiger partial charge in [-0.05, 0) is 30.2 Å². The first-order chi connectivity index (χ1) is 14.9. The SMILES string of the molecule is Cn1cc(S(=O)(=O)N2CCC3(CC2)CC(C2c4ccccc4-c4cncn42)C3O)cn1. The summed E-state index contributed by atoms with van der Waals surface area (Å²) >= 11 is 0. The molecular formula is C22H25N5O3S. The molecule has 1 N–H and O–H groups in total. The smallest absolute Gasteiger partial charge is 0.246 e. The van der Waals surface area contributed by atoms with E-state index < -0.39 is 16.1 Å². The van der Waals surface area contributed by atoms with Crippen molar-refractivity contribution < 1.29 is 13.5 Å². The predicted octanol–water partition coefficient (Wildman–Crippen LogP) is 2.04. The van der Waals surface area contributed by atoms with Gasteiger partial charge in [-0.1, -0.05) is 24.3 Å². The van der Waals surface area contributed by atoms with Crippen molar-refractivity contribution in [2.24, 2.45) is 18.4 Å². The average molecular weight is 440 g/mol. The Balaban J connectivity index is 1.21. The highest BCUT2D eigenvalue weighted by atomic mass is 32.2. The van der Waals surface area contributed by atoms with E-state index in [1.807, 2.05) is 24.7 Å². The molecule has 9 heteroatoms. The summed E-state index contributed by atoms with van der Waals surface area (Å²) in [6.45, 7) is 0.858. The highest BCUT2D eigenvalue weighted by molar-refractivity contribution is 7.89. The van der Waals surface area contributed by atoms with Crippen LogP contribution in [0.4, 0.5) is 0 Å². The van der Waals surface area contributed by atoms with Crippen LogP contribution in [0.3, 0.4) is 0 Å². The minimum absolute atomic E-state index is 0.0893. The molecule has 6 rings (SSSR count). The van der Waals surface area contributed by atoms with Crippen LogP contribution in [0.25, 0.3) is 11.3 Å². The lowest BCUT2D eigenvalue weighted by molar-refractivity contribution is -0.152. The van der Waals surface area contributed by atoms with E-state index in [0.717, 1.165) is 12.1 Å². The lowest BCUT2D eigenvalue weighted by Crippen LogP contribution is -2.59. The Kier molecular flexibility index (Phi) is 4.03. The van der Waals surface area contributed by atoms with Gasteiger partial charge in [-0.3, -0.25) is 4.68 Å². The Morgan fingerprint density at radius 1 is 1.16 bits per heavy atom. The van der Waals surface area contributed by atoms with Crippen molar-refractivity contribution >= 4 is 10.0 Å². The zero-order chi connectivity index (χ0) is 21.4. The molecule has 8 nitrogen and oxygen atoms in total. The Morgan fingerprint density at radius 2 is 1.94 bits per heavy atom. The molecule has 0 radical (unpaired) electrons. The largest absolute Gasteiger partial charge is 0.392 e. The normalized spacial score (nSPS) is 27.1. The fraction of sp³-hybridized carbons (Fsp3) is 0.455. The van der Waals surface area contributed by atoms with Gasteiger partial charge in [-0.2, -0.15) is 9.40 Å². The molecule has 3 atom stereocenters. The highest BCUT2D eigenvalue weighted by Gasteiger charge is 2.58. The number of aromatic nitrogens is 4. The van der Waals surface area contributed by atoms with Crippen LogP contribution >= 0.6 is 0 Å². The summed E-state index contributed by atoms with van der Waals surface area (Å²) < 4.78 is 31.1. The standard InChI is InChI=1S/C22H25N5O3S/c1-25-13-15(11-24-25)31(29,30)26-8-6-22(7-9-26)10-18(21(22)28)20-17-5-3-2-4-16(17)19-12-23-14-27(19)20/h2-5,11-14,18,20-21,28H,6-10H2,1H3. The van der Waals surface area contributed by atoms with Crippen molar-refractivity contribution in [2.75, 3.05) is 13.1 Å². The number of fused-ring (bicyclic) bond motifs is 3. The molecule has 2 aliphatic heterocycles. The molecule has 1 spiro atoms. The van der Waals surface area contributed by atoms with E-state index in [1.54, 1.807) is 7.05 Å². The lowest BCUT2D eigenvalue weighted by atomic mass is 9.53. The van der Waals surface area contributed by atoms with Gasteiger partial charge in [0.15, 0.2) is 0 Å². The van der Waals surface area contributed by atoms with Crippen molar-refractivity contribution in [1.82, 2.24) is 23.6 Å². The lowest BCUT2D eigenvalue weighted by Gasteiger charge is -2.57. The molecule has 162 valence electrons. The minimum atomic E-state index is -3.54. The summed E-state index contributed by atoms with van der Waals surface area (Å²) in [7, 11) is -1.83. The first-order valence-corrected chi connectivity index (χ1v) is 12.1. The van der Waals surface area contributed by atoms with E-state index in [1.165, 1.54) is 32.5 Å². The monoisotopic (exact) mass is 439 g/mol. The van der Waals surface area contributed by atoms with E-state index >= 15 is 0 Å². The molecule has 3 aliphatic rings. The van der Waals surface area contributed by atoms with E-state index in [9.17, 15) is 13.5 Å². The number of hydrogen-bond donors (Lipinski definition) is 1. The Morgan fingerprint density at radius 3 is 2.65 bits per heavy atom. The van der Waals surface area contributed by atoms with Crippen LogP contribution in [-0.2, 0) is 17.1 Å². The van der Waals surface area contributed by atoms with E-state index in [-0.39, 0.29) is 22.3 Å². The summed E-state index contributed by atoms with van der Waals surface area (Å²) in [5.74, 6) is 0.109. The van der Waals surface area contributed by atoms with Gasteiger partial charge in [-0.15, -0.1) is 0 Å². The number of aliphatic hydroxyl groups is 1. The number of piperidine rings is 1. The molecule has 0 bridgehead atoms. The molecule has 2 fully saturated rings. The van der Waals surface area contributed by atoms with Crippen LogP contribution in [-0.4, -0.2) is 56.4 Å². The summed E-state index contributed by atoms with van der Waals surface area (Å²) in [6, 6.07) is 8.44. The molecule has 1 aliphatic carbocycles. The maximum absolute atomic E-state index is 12.9. The number of aliphatic hydroxyl groups excluding tert-OH is 1. The minimum Gasteiger partial charge on any atom is -0.392 e. The maximum atomic E-state index is 12.9. The number of benzene rings is 1. The zero-order valence-corrected chi connectivity index (χ0v) is 18.1. The first-order valence-electron chi connectivity index (χ1n) is 10.7. The van der Waals surface area contributed by atoms with Gasteiger partial charge in [0.05, 0.1) is 36.6 Å². The van der Waals surface area contributed by atoms with Gasteiger partial charge in [-0.25, -0.2) is 13.4 Å². The molecular weight excluding hydrogens is 414 g/mol. The fourth-order valence-corrected chi connectivity index (χ4v) is 7.37. The molecule has 1 saturated heterocycles. The maximum Gasteiger partial charge on any atom is 0.246 e. The molecule has 4 heterocycles. The summed E-state index contributed by atoms with van der Waals surface area (Å²) in [5.41, 5.74) is 3.33. The van der Waals surface area contributed by atoms with Crippen LogP contribution in [0, 0.1) is 11.3 Å². The van der Waals surface area contributed by atoms with Crippen molar-refractivity contribution in [3.05, 3.63) is 54.7 Å². The van der Waals surface area contributed by atoms with Gasteiger partial charge in [0.2, 0.25) is 10.0 Å². The Hall–Kier alpha value is -2.49. The molecule has 3 unspecified atom stereocenters. The average Bonchev–Trinajstić information content (AvgIpc) is 3.49. The molecule has 31 heavy (non-hydrogen) atoms. The number of imidazole rings is 1.